The molecule has 0 unspecified atom stereocenters. The lowest BCUT2D eigenvalue weighted by atomic mass is 10.2. The van der Waals surface area contributed by atoms with Gasteiger partial charge in [-0.3, -0.25) is 20.4 Å². The zero-order chi connectivity index (χ0) is 17.6. The molecule has 25 heavy (non-hydrogen) atoms. The monoisotopic (exact) mass is 355 g/mol. The molecule has 3 aromatic rings. The van der Waals surface area contributed by atoms with Gasteiger partial charge in [0.15, 0.2) is 6.61 Å². The van der Waals surface area contributed by atoms with E-state index in [1.54, 1.807) is 36.4 Å². The highest BCUT2D eigenvalue weighted by molar-refractivity contribution is 6.30. The van der Waals surface area contributed by atoms with Crippen LogP contribution in [0.4, 0.5) is 0 Å². The van der Waals surface area contributed by atoms with Crippen molar-refractivity contribution in [3.8, 4) is 5.75 Å². The minimum Gasteiger partial charge on any atom is -0.484 e. The van der Waals surface area contributed by atoms with Crippen LogP contribution in [-0.2, 0) is 4.79 Å². The van der Waals surface area contributed by atoms with Crippen molar-refractivity contribution in [1.82, 2.24) is 15.8 Å². The van der Waals surface area contributed by atoms with Gasteiger partial charge in [-0.1, -0.05) is 35.9 Å². The maximum atomic E-state index is 12.1. The number of aromatic nitrogens is 1. The van der Waals surface area contributed by atoms with E-state index < -0.39 is 11.8 Å². The van der Waals surface area contributed by atoms with Gasteiger partial charge in [0.1, 0.15) is 11.4 Å². The van der Waals surface area contributed by atoms with Crippen LogP contribution in [0.2, 0.25) is 5.02 Å². The number of hydrogen-bond donors (Lipinski definition) is 2. The van der Waals surface area contributed by atoms with Crippen molar-refractivity contribution in [2.75, 3.05) is 6.61 Å². The molecule has 0 radical (unpaired) electrons. The van der Waals surface area contributed by atoms with Crippen LogP contribution >= 0.6 is 11.6 Å². The number of nitrogens with zero attached hydrogens (tertiary/aromatic N) is 1. The van der Waals surface area contributed by atoms with Gasteiger partial charge in [0, 0.05) is 10.4 Å². The second kappa shape index (κ2) is 7.63. The normalized spacial score (nSPS) is 10.3. The van der Waals surface area contributed by atoms with E-state index in [0.29, 0.717) is 16.3 Å². The van der Waals surface area contributed by atoms with Crippen molar-refractivity contribution >= 4 is 34.3 Å². The Balaban J connectivity index is 1.52. The summed E-state index contributed by atoms with van der Waals surface area (Å²) in [5.41, 5.74) is 5.50. The van der Waals surface area contributed by atoms with Crippen molar-refractivity contribution in [3.63, 3.8) is 0 Å². The molecule has 1 heterocycles. The molecule has 126 valence electrons. The maximum Gasteiger partial charge on any atom is 0.288 e. The van der Waals surface area contributed by atoms with Crippen LogP contribution in [0.15, 0.2) is 60.7 Å². The first-order valence-corrected chi connectivity index (χ1v) is 7.83. The smallest absolute Gasteiger partial charge is 0.288 e. The molecular weight excluding hydrogens is 342 g/mol. The molecule has 6 nitrogen and oxygen atoms in total. The number of ether oxygens (including phenoxy) is 1. The first kappa shape index (κ1) is 16.7. The molecular formula is C18H14ClN3O3. The highest BCUT2D eigenvalue weighted by Gasteiger charge is 2.10. The summed E-state index contributed by atoms with van der Waals surface area (Å²) >= 11 is 5.77. The van der Waals surface area contributed by atoms with Gasteiger partial charge in [0.25, 0.3) is 11.8 Å². The Morgan fingerprint density at radius 1 is 0.960 bits per heavy atom. The minimum absolute atomic E-state index is 0.206. The summed E-state index contributed by atoms with van der Waals surface area (Å²) in [7, 11) is 0. The molecule has 0 fully saturated rings. The molecule has 3 rings (SSSR count). The van der Waals surface area contributed by atoms with Gasteiger partial charge in [-0.05, 0) is 36.4 Å². The Kier molecular flexibility index (Phi) is 5.11. The zero-order valence-corrected chi connectivity index (χ0v) is 13.8. The molecule has 2 aromatic carbocycles. The molecule has 1 aromatic heterocycles. The van der Waals surface area contributed by atoms with Crippen LogP contribution < -0.4 is 15.6 Å². The molecule has 0 aliphatic rings. The van der Waals surface area contributed by atoms with Crippen molar-refractivity contribution in [1.29, 1.82) is 0 Å². The molecule has 0 saturated carbocycles. The van der Waals surface area contributed by atoms with E-state index >= 15 is 0 Å². The number of carbonyl (C=O) groups excluding carboxylic acids is 2. The third-order valence-electron chi connectivity index (χ3n) is 3.33. The molecule has 0 saturated heterocycles. The Labute approximate surface area is 148 Å². The summed E-state index contributed by atoms with van der Waals surface area (Å²) in [5, 5.41) is 1.51. The van der Waals surface area contributed by atoms with E-state index in [4.69, 9.17) is 16.3 Å². The predicted molar refractivity (Wildman–Crippen MR) is 94.3 cm³/mol. The Hall–Kier alpha value is -3.12. The second-order valence-electron chi connectivity index (χ2n) is 5.13. The van der Waals surface area contributed by atoms with E-state index in [0.717, 1.165) is 5.39 Å². The van der Waals surface area contributed by atoms with Crippen molar-refractivity contribution in [3.05, 3.63) is 71.4 Å². The van der Waals surface area contributed by atoms with Gasteiger partial charge < -0.3 is 4.74 Å². The number of hydrazine groups is 1. The van der Waals surface area contributed by atoms with E-state index in [2.05, 4.69) is 15.8 Å². The van der Waals surface area contributed by atoms with Crippen LogP contribution in [0.5, 0.6) is 5.75 Å². The van der Waals surface area contributed by atoms with Gasteiger partial charge in [-0.25, -0.2) is 4.98 Å². The standard InChI is InChI=1S/C18H14ClN3O3/c19-13-6-8-14(9-7-13)25-11-17(23)21-22-18(24)16-10-5-12-3-1-2-4-15(12)20-16/h1-10H,11H2,(H,21,23)(H,22,24). The van der Waals surface area contributed by atoms with Crippen molar-refractivity contribution < 1.29 is 14.3 Å². The van der Waals surface area contributed by atoms with Crippen molar-refractivity contribution in [2.24, 2.45) is 0 Å². The molecule has 2 amide bonds. The number of benzene rings is 2. The fourth-order valence-corrected chi connectivity index (χ4v) is 2.22. The van der Waals surface area contributed by atoms with E-state index in [1.165, 1.54) is 0 Å². The fourth-order valence-electron chi connectivity index (χ4n) is 2.10. The second-order valence-corrected chi connectivity index (χ2v) is 5.57. The number of para-hydroxylation sites is 1. The molecule has 0 atom stereocenters. The first-order valence-electron chi connectivity index (χ1n) is 7.45. The van der Waals surface area contributed by atoms with Gasteiger partial charge in [0.05, 0.1) is 5.52 Å². The summed E-state index contributed by atoms with van der Waals surface area (Å²) in [6.07, 6.45) is 0. The van der Waals surface area contributed by atoms with Crippen LogP contribution in [0.25, 0.3) is 10.9 Å². The number of fused-ring (bicyclic) bond motifs is 1. The third kappa shape index (κ3) is 4.45. The highest BCUT2D eigenvalue weighted by atomic mass is 35.5. The summed E-state index contributed by atoms with van der Waals surface area (Å²) in [4.78, 5) is 28.0. The fraction of sp³-hybridized carbons (Fsp3) is 0.0556. The van der Waals surface area contributed by atoms with Gasteiger partial charge >= 0.3 is 0 Å². The SMILES string of the molecule is O=C(COc1ccc(Cl)cc1)NNC(=O)c1ccc2ccccc2n1. The number of amides is 2. The molecule has 7 heteroatoms. The number of rotatable bonds is 4. The first-order chi connectivity index (χ1) is 12.1. The molecule has 0 bridgehead atoms. The topological polar surface area (TPSA) is 80.3 Å². The quantitative estimate of drug-likeness (QED) is 0.705. The molecule has 0 spiro atoms. The van der Waals surface area contributed by atoms with Crippen LogP contribution in [0.1, 0.15) is 10.5 Å². The minimum atomic E-state index is -0.509. The van der Waals surface area contributed by atoms with Gasteiger partial charge in [0.2, 0.25) is 0 Å². The Bertz CT molecular complexity index is 913. The van der Waals surface area contributed by atoms with Gasteiger partial charge in [-0.2, -0.15) is 0 Å². The molecule has 2 N–H and O–H groups in total. The summed E-state index contributed by atoms with van der Waals surface area (Å²) < 4.78 is 5.28. The third-order valence-corrected chi connectivity index (χ3v) is 3.58. The van der Waals surface area contributed by atoms with Gasteiger partial charge in [-0.15, -0.1) is 0 Å². The van der Waals surface area contributed by atoms with E-state index in [-0.39, 0.29) is 12.3 Å². The highest BCUT2D eigenvalue weighted by Crippen LogP contribution is 2.15. The number of pyridine rings is 1. The summed E-state index contributed by atoms with van der Waals surface area (Å²) in [5.74, 6) is -0.503. The van der Waals surface area contributed by atoms with E-state index in [9.17, 15) is 9.59 Å². The lowest BCUT2D eigenvalue weighted by Gasteiger charge is -2.09. The number of hydrogen-bond acceptors (Lipinski definition) is 4. The van der Waals surface area contributed by atoms with E-state index in [1.807, 2.05) is 24.3 Å². The summed E-state index contributed by atoms with van der Waals surface area (Å²) in [6.45, 7) is -0.243. The predicted octanol–water partition coefficient (Wildman–Crippen LogP) is 2.73. The van der Waals surface area contributed by atoms with Crippen LogP contribution in [0.3, 0.4) is 0 Å². The summed E-state index contributed by atoms with van der Waals surface area (Å²) in [6, 6.07) is 17.4. The van der Waals surface area contributed by atoms with Crippen LogP contribution in [0, 0.1) is 0 Å². The Morgan fingerprint density at radius 2 is 1.72 bits per heavy atom. The largest absolute Gasteiger partial charge is 0.484 e. The zero-order valence-electron chi connectivity index (χ0n) is 13.0. The number of halogens is 1. The number of carbonyl (C=O) groups is 2. The maximum absolute atomic E-state index is 12.1. The lowest BCUT2D eigenvalue weighted by molar-refractivity contribution is -0.123. The average molecular weight is 356 g/mol. The van der Waals surface area contributed by atoms with Crippen LogP contribution in [-0.4, -0.2) is 23.4 Å². The van der Waals surface area contributed by atoms with Crippen molar-refractivity contribution in [2.45, 2.75) is 0 Å². The molecule has 0 aliphatic carbocycles. The lowest BCUT2D eigenvalue weighted by Crippen LogP contribution is -2.44. The number of nitrogens with one attached hydrogen (secondary N) is 2. The molecule has 0 aliphatic heterocycles. The average Bonchev–Trinajstić information content (AvgIpc) is 2.65. The Morgan fingerprint density at radius 3 is 2.52 bits per heavy atom.